The van der Waals surface area contributed by atoms with E-state index in [1.165, 1.54) is 16.7 Å². The monoisotopic (exact) mass is 337 g/mol. The highest BCUT2D eigenvalue weighted by molar-refractivity contribution is 9.10. The molecule has 3 heteroatoms. The maximum Gasteiger partial charge on any atom is 0.0408 e. The van der Waals surface area contributed by atoms with E-state index in [9.17, 15) is 0 Å². The minimum absolute atomic E-state index is 0.0102. The molecule has 0 radical (unpaired) electrons. The number of benzene rings is 2. The first-order valence-corrected chi connectivity index (χ1v) is 7.41. The van der Waals surface area contributed by atoms with Gasteiger partial charge in [0.15, 0.2) is 0 Å². The SMILES string of the molecule is Cc1cc(C(N)Cc2cccc(Cl)c2)cc(C)c1Br. The number of halogens is 2. The molecule has 0 bridgehead atoms. The lowest BCUT2D eigenvalue weighted by Gasteiger charge is -2.15. The first kappa shape index (κ1) is 14.6. The van der Waals surface area contributed by atoms with E-state index < -0.39 is 0 Å². The number of nitrogens with two attached hydrogens (primary N) is 1. The van der Waals surface area contributed by atoms with Crippen molar-refractivity contribution < 1.29 is 0 Å². The Morgan fingerprint density at radius 1 is 1.16 bits per heavy atom. The summed E-state index contributed by atoms with van der Waals surface area (Å²) >= 11 is 9.58. The lowest BCUT2D eigenvalue weighted by molar-refractivity contribution is 0.720. The zero-order valence-electron chi connectivity index (χ0n) is 11.1. The molecule has 2 aromatic carbocycles. The highest BCUT2D eigenvalue weighted by atomic mass is 79.9. The topological polar surface area (TPSA) is 26.0 Å². The van der Waals surface area contributed by atoms with Gasteiger partial charge in [0.2, 0.25) is 0 Å². The fourth-order valence-electron chi connectivity index (χ4n) is 2.23. The van der Waals surface area contributed by atoms with Gasteiger partial charge in [-0.3, -0.25) is 0 Å². The van der Waals surface area contributed by atoms with Crippen molar-refractivity contribution in [2.45, 2.75) is 26.3 Å². The molecule has 0 aliphatic rings. The fourth-order valence-corrected chi connectivity index (χ4v) is 2.67. The minimum Gasteiger partial charge on any atom is -0.324 e. The molecule has 0 saturated heterocycles. The molecule has 0 amide bonds. The molecule has 2 rings (SSSR count). The van der Waals surface area contributed by atoms with Gasteiger partial charge in [-0.1, -0.05) is 51.8 Å². The molecule has 100 valence electrons. The van der Waals surface area contributed by atoms with Gasteiger partial charge in [-0.2, -0.15) is 0 Å². The highest BCUT2D eigenvalue weighted by Crippen LogP contribution is 2.26. The molecule has 0 spiro atoms. The van der Waals surface area contributed by atoms with Crippen molar-refractivity contribution in [3.63, 3.8) is 0 Å². The van der Waals surface area contributed by atoms with Gasteiger partial charge in [-0.25, -0.2) is 0 Å². The summed E-state index contributed by atoms with van der Waals surface area (Å²) in [5.74, 6) is 0. The van der Waals surface area contributed by atoms with Crippen LogP contribution in [0, 0.1) is 13.8 Å². The van der Waals surface area contributed by atoms with E-state index in [4.69, 9.17) is 17.3 Å². The van der Waals surface area contributed by atoms with E-state index in [0.29, 0.717) is 0 Å². The molecule has 1 nitrogen and oxygen atoms in total. The maximum atomic E-state index is 6.31. The second-order valence-electron chi connectivity index (χ2n) is 4.91. The van der Waals surface area contributed by atoms with Gasteiger partial charge in [-0.05, 0) is 54.7 Å². The van der Waals surface area contributed by atoms with E-state index in [2.05, 4.69) is 48.0 Å². The number of hydrogen-bond donors (Lipinski definition) is 1. The molecule has 19 heavy (non-hydrogen) atoms. The van der Waals surface area contributed by atoms with Crippen LogP contribution in [0.15, 0.2) is 40.9 Å². The molecule has 2 N–H and O–H groups in total. The van der Waals surface area contributed by atoms with Crippen LogP contribution in [0.25, 0.3) is 0 Å². The normalized spacial score (nSPS) is 12.5. The van der Waals surface area contributed by atoms with Gasteiger partial charge >= 0.3 is 0 Å². The Kier molecular flexibility index (Phi) is 4.67. The van der Waals surface area contributed by atoms with Crippen LogP contribution < -0.4 is 5.73 Å². The van der Waals surface area contributed by atoms with Gasteiger partial charge in [0.1, 0.15) is 0 Å². The first-order chi connectivity index (χ1) is 8.97. The van der Waals surface area contributed by atoms with Crippen LogP contribution in [0.5, 0.6) is 0 Å². The van der Waals surface area contributed by atoms with Gasteiger partial charge in [-0.15, -0.1) is 0 Å². The summed E-state index contributed by atoms with van der Waals surface area (Å²) in [5.41, 5.74) is 11.1. The molecule has 0 aliphatic heterocycles. The van der Waals surface area contributed by atoms with Gasteiger partial charge < -0.3 is 5.73 Å². The standard InChI is InChI=1S/C16H17BrClN/c1-10-6-13(7-11(2)16(10)17)15(19)9-12-4-3-5-14(18)8-12/h3-8,15H,9,19H2,1-2H3. The molecule has 0 heterocycles. The predicted molar refractivity (Wildman–Crippen MR) is 85.7 cm³/mol. The quantitative estimate of drug-likeness (QED) is 0.841. The number of aryl methyl sites for hydroxylation is 2. The van der Waals surface area contributed by atoms with Crippen molar-refractivity contribution in [2.24, 2.45) is 5.73 Å². The second-order valence-corrected chi connectivity index (χ2v) is 6.14. The average molecular weight is 339 g/mol. The highest BCUT2D eigenvalue weighted by Gasteiger charge is 2.10. The number of hydrogen-bond acceptors (Lipinski definition) is 1. The molecule has 0 aromatic heterocycles. The Morgan fingerprint density at radius 2 is 1.79 bits per heavy atom. The van der Waals surface area contributed by atoms with Crippen LogP contribution in [0.1, 0.15) is 28.3 Å². The number of rotatable bonds is 3. The van der Waals surface area contributed by atoms with Crippen LogP contribution >= 0.6 is 27.5 Å². The van der Waals surface area contributed by atoms with E-state index >= 15 is 0 Å². The zero-order valence-corrected chi connectivity index (χ0v) is 13.4. The molecule has 0 aliphatic carbocycles. The molecular formula is C16H17BrClN. The summed E-state index contributed by atoms with van der Waals surface area (Å²) in [7, 11) is 0. The summed E-state index contributed by atoms with van der Waals surface area (Å²) in [4.78, 5) is 0. The van der Waals surface area contributed by atoms with E-state index in [1.807, 2.05) is 18.2 Å². The minimum atomic E-state index is -0.0102. The van der Waals surface area contributed by atoms with Gasteiger partial charge in [0.25, 0.3) is 0 Å². The van der Waals surface area contributed by atoms with Crippen molar-refractivity contribution in [1.29, 1.82) is 0 Å². The lowest BCUT2D eigenvalue weighted by Crippen LogP contribution is -2.14. The van der Waals surface area contributed by atoms with Crippen LogP contribution in [0.2, 0.25) is 5.02 Å². The van der Waals surface area contributed by atoms with Crippen molar-refractivity contribution in [2.75, 3.05) is 0 Å². The van der Waals surface area contributed by atoms with E-state index in [0.717, 1.165) is 21.5 Å². The molecule has 1 atom stereocenters. The summed E-state index contributed by atoms with van der Waals surface area (Å²) in [6.45, 7) is 4.18. The first-order valence-electron chi connectivity index (χ1n) is 6.24. The summed E-state index contributed by atoms with van der Waals surface area (Å²) in [5, 5.41) is 0.757. The van der Waals surface area contributed by atoms with Crippen LogP contribution in [0.3, 0.4) is 0 Å². The van der Waals surface area contributed by atoms with Crippen molar-refractivity contribution in [3.8, 4) is 0 Å². The van der Waals surface area contributed by atoms with Gasteiger partial charge in [0, 0.05) is 15.5 Å². The summed E-state index contributed by atoms with van der Waals surface area (Å²) in [6.07, 6.45) is 0.793. The Hall–Kier alpha value is -0.830. The van der Waals surface area contributed by atoms with Gasteiger partial charge in [0.05, 0.1) is 0 Å². The summed E-state index contributed by atoms with van der Waals surface area (Å²) in [6, 6.07) is 12.2. The van der Waals surface area contributed by atoms with Crippen molar-refractivity contribution in [1.82, 2.24) is 0 Å². The fraction of sp³-hybridized carbons (Fsp3) is 0.250. The molecular weight excluding hydrogens is 322 g/mol. The Balaban J connectivity index is 2.23. The molecule has 0 saturated carbocycles. The largest absolute Gasteiger partial charge is 0.324 e. The molecule has 1 unspecified atom stereocenters. The predicted octanol–water partition coefficient (Wildman–Crippen LogP) is 4.96. The van der Waals surface area contributed by atoms with Crippen LogP contribution in [-0.2, 0) is 6.42 Å². The van der Waals surface area contributed by atoms with Crippen molar-refractivity contribution >= 4 is 27.5 Å². The Morgan fingerprint density at radius 3 is 2.37 bits per heavy atom. The smallest absolute Gasteiger partial charge is 0.0408 e. The third-order valence-electron chi connectivity index (χ3n) is 3.23. The lowest BCUT2D eigenvalue weighted by atomic mass is 9.97. The average Bonchev–Trinajstić information content (AvgIpc) is 2.35. The van der Waals surface area contributed by atoms with Crippen LogP contribution in [-0.4, -0.2) is 0 Å². The Labute approximate surface area is 127 Å². The second kappa shape index (κ2) is 6.08. The van der Waals surface area contributed by atoms with Crippen molar-refractivity contribution in [3.05, 3.63) is 68.1 Å². The van der Waals surface area contributed by atoms with E-state index in [1.54, 1.807) is 0 Å². The third kappa shape index (κ3) is 3.59. The van der Waals surface area contributed by atoms with Crippen LogP contribution in [0.4, 0.5) is 0 Å². The zero-order chi connectivity index (χ0) is 14.0. The molecule has 0 fully saturated rings. The maximum absolute atomic E-state index is 6.31. The molecule has 2 aromatic rings. The third-order valence-corrected chi connectivity index (χ3v) is 4.72. The summed E-state index contributed by atoms with van der Waals surface area (Å²) < 4.78 is 1.16. The Bertz CT molecular complexity index is 572. The van der Waals surface area contributed by atoms with E-state index in [-0.39, 0.29) is 6.04 Å².